The van der Waals surface area contributed by atoms with Crippen LogP contribution >= 0.6 is 11.6 Å². The van der Waals surface area contributed by atoms with Crippen LogP contribution in [0.5, 0.6) is 0 Å². The Bertz CT molecular complexity index is 1100. The lowest BCUT2D eigenvalue weighted by Crippen LogP contribution is -2.19. The minimum Gasteiger partial charge on any atom is -0.452 e. The number of halogens is 1. The van der Waals surface area contributed by atoms with Crippen LogP contribution in [0.25, 0.3) is 6.08 Å². The Morgan fingerprint density at radius 2 is 2.03 bits per heavy atom. The number of benzene rings is 1. The van der Waals surface area contributed by atoms with E-state index in [0.29, 0.717) is 17.3 Å². The predicted octanol–water partition coefficient (Wildman–Crippen LogP) is 3.69. The highest BCUT2D eigenvalue weighted by Crippen LogP contribution is 2.20. The number of anilines is 1. The molecule has 9 heteroatoms. The van der Waals surface area contributed by atoms with Gasteiger partial charge in [0, 0.05) is 28.4 Å². The summed E-state index contributed by atoms with van der Waals surface area (Å²) < 4.78 is 11.7. The summed E-state index contributed by atoms with van der Waals surface area (Å²) in [6.07, 6.45) is 2.89. The number of amides is 1. The van der Waals surface area contributed by atoms with E-state index in [1.165, 1.54) is 6.08 Å². The first-order valence-corrected chi connectivity index (χ1v) is 9.56. The van der Waals surface area contributed by atoms with E-state index in [-0.39, 0.29) is 5.88 Å². The zero-order valence-electron chi connectivity index (χ0n) is 16.8. The maximum absolute atomic E-state index is 12.0. The minimum absolute atomic E-state index is 0.196. The first kappa shape index (κ1) is 21.3. The lowest BCUT2D eigenvalue weighted by Gasteiger charge is -2.06. The molecule has 2 heterocycles. The van der Waals surface area contributed by atoms with Crippen molar-refractivity contribution in [3.05, 3.63) is 69.6 Å². The van der Waals surface area contributed by atoms with E-state index in [1.807, 2.05) is 42.8 Å². The molecule has 0 fully saturated rings. The molecule has 0 aliphatic heterocycles. The van der Waals surface area contributed by atoms with Gasteiger partial charge in [-0.25, -0.2) is 4.79 Å². The van der Waals surface area contributed by atoms with Crippen LogP contribution in [0.15, 0.2) is 40.9 Å². The summed E-state index contributed by atoms with van der Waals surface area (Å²) in [5, 5.41) is 11.3. The minimum atomic E-state index is -0.642. The van der Waals surface area contributed by atoms with E-state index in [9.17, 15) is 9.59 Å². The van der Waals surface area contributed by atoms with Crippen LogP contribution in [0, 0.1) is 20.8 Å². The van der Waals surface area contributed by atoms with Gasteiger partial charge in [-0.3, -0.25) is 14.8 Å². The van der Waals surface area contributed by atoms with Gasteiger partial charge in [-0.2, -0.15) is 5.10 Å². The standard InChI is InChI=1S/C21H21ClN4O4/c1-13-10-20(30-25-13)23-19(27)12-29-21(28)9-8-17-14(2)24-26(15(17)3)11-16-6-4-5-7-18(16)22/h4-10H,11-12H2,1-3H3,(H,23,27)/b9-8+. The van der Waals surface area contributed by atoms with Crippen molar-refractivity contribution in [3.63, 3.8) is 0 Å². The Morgan fingerprint density at radius 3 is 2.73 bits per heavy atom. The second kappa shape index (κ2) is 9.41. The van der Waals surface area contributed by atoms with Crippen molar-refractivity contribution in [1.82, 2.24) is 14.9 Å². The van der Waals surface area contributed by atoms with Gasteiger partial charge in [-0.05, 0) is 38.5 Å². The lowest BCUT2D eigenvalue weighted by molar-refractivity contribution is -0.142. The highest BCUT2D eigenvalue weighted by Gasteiger charge is 2.12. The largest absolute Gasteiger partial charge is 0.452 e. The normalized spacial score (nSPS) is 11.1. The molecule has 0 aliphatic carbocycles. The molecule has 0 saturated carbocycles. The van der Waals surface area contributed by atoms with Crippen molar-refractivity contribution < 1.29 is 18.8 Å². The molecule has 156 valence electrons. The number of aromatic nitrogens is 3. The summed E-state index contributed by atoms with van der Waals surface area (Å²) in [4.78, 5) is 23.8. The summed E-state index contributed by atoms with van der Waals surface area (Å²) in [7, 11) is 0. The molecule has 0 spiro atoms. The molecule has 30 heavy (non-hydrogen) atoms. The average molecular weight is 429 g/mol. The molecule has 0 bridgehead atoms. The number of aryl methyl sites for hydroxylation is 2. The van der Waals surface area contributed by atoms with Crippen LogP contribution in [0.4, 0.5) is 5.88 Å². The maximum Gasteiger partial charge on any atom is 0.331 e. The van der Waals surface area contributed by atoms with E-state index in [2.05, 4.69) is 15.6 Å². The Labute approximate surface area is 178 Å². The zero-order valence-corrected chi connectivity index (χ0v) is 17.6. The van der Waals surface area contributed by atoms with Crippen LogP contribution < -0.4 is 5.32 Å². The average Bonchev–Trinajstić information content (AvgIpc) is 3.23. The van der Waals surface area contributed by atoms with Gasteiger partial charge < -0.3 is 9.26 Å². The summed E-state index contributed by atoms with van der Waals surface area (Å²) in [5.74, 6) is -0.967. The number of esters is 1. The van der Waals surface area contributed by atoms with Gasteiger partial charge in [0.2, 0.25) is 5.88 Å². The molecule has 0 atom stereocenters. The number of rotatable bonds is 7. The van der Waals surface area contributed by atoms with Crippen LogP contribution in [0.1, 0.15) is 28.2 Å². The SMILES string of the molecule is Cc1cc(NC(=O)COC(=O)/C=C/c2c(C)nn(Cc3ccccc3Cl)c2C)on1. The third-order valence-electron chi connectivity index (χ3n) is 4.34. The molecule has 1 amide bonds. The number of hydrogen-bond acceptors (Lipinski definition) is 6. The molecule has 0 saturated heterocycles. The first-order valence-electron chi connectivity index (χ1n) is 9.19. The van der Waals surface area contributed by atoms with Crippen LogP contribution in [-0.2, 0) is 20.9 Å². The van der Waals surface area contributed by atoms with Crippen LogP contribution in [-0.4, -0.2) is 33.4 Å². The molecule has 3 rings (SSSR count). The van der Waals surface area contributed by atoms with E-state index < -0.39 is 18.5 Å². The van der Waals surface area contributed by atoms with Gasteiger partial charge in [0.05, 0.1) is 17.9 Å². The molecule has 2 aromatic heterocycles. The molecule has 3 aromatic rings. The molecular weight excluding hydrogens is 408 g/mol. The summed E-state index contributed by atoms with van der Waals surface area (Å²) in [6, 6.07) is 9.13. The molecule has 0 aliphatic rings. The quantitative estimate of drug-likeness (QED) is 0.455. The monoisotopic (exact) mass is 428 g/mol. The zero-order chi connectivity index (χ0) is 21.7. The first-order chi connectivity index (χ1) is 14.3. The summed E-state index contributed by atoms with van der Waals surface area (Å²) in [5.41, 5.74) is 4.04. The highest BCUT2D eigenvalue weighted by molar-refractivity contribution is 6.31. The number of carbonyl (C=O) groups excluding carboxylic acids is 2. The Kier molecular flexibility index (Phi) is 6.68. The molecule has 0 radical (unpaired) electrons. The number of nitrogens with one attached hydrogen (secondary N) is 1. The van der Waals surface area contributed by atoms with Gasteiger partial charge in [0.1, 0.15) is 0 Å². The van der Waals surface area contributed by atoms with E-state index >= 15 is 0 Å². The van der Waals surface area contributed by atoms with Crippen LogP contribution in [0.3, 0.4) is 0 Å². The van der Waals surface area contributed by atoms with Crippen molar-refractivity contribution in [2.75, 3.05) is 11.9 Å². The molecule has 1 N–H and O–H groups in total. The Balaban J connectivity index is 1.58. The lowest BCUT2D eigenvalue weighted by atomic mass is 10.1. The molecular formula is C21H21ClN4O4. The maximum atomic E-state index is 12.0. The smallest absolute Gasteiger partial charge is 0.331 e. The molecule has 1 aromatic carbocycles. The van der Waals surface area contributed by atoms with Gasteiger partial charge >= 0.3 is 5.97 Å². The highest BCUT2D eigenvalue weighted by atomic mass is 35.5. The van der Waals surface area contributed by atoms with E-state index in [0.717, 1.165) is 22.5 Å². The number of hydrogen-bond donors (Lipinski definition) is 1. The van der Waals surface area contributed by atoms with Crippen molar-refractivity contribution in [1.29, 1.82) is 0 Å². The Hall–Kier alpha value is -3.39. The van der Waals surface area contributed by atoms with E-state index in [1.54, 1.807) is 19.1 Å². The van der Waals surface area contributed by atoms with Crippen molar-refractivity contribution in [2.45, 2.75) is 27.3 Å². The van der Waals surface area contributed by atoms with Gasteiger partial charge in [0.25, 0.3) is 5.91 Å². The van der Waals surface area contributed by atoms with E-state index in [4.69, 9.17) is 20.9 Å². The van der Waals surface area contributed by atoms with Gasteiger partial charge in [0.15, 0.2) is 6.61 Å². The molecule has 8 nitrogen and oxygen atoms in total. The topological polar surface area (TPSA) is 99.2 Å². The van der Waals surface area contributed by atoms with Gasteiger partial charge in [-0.1, -0.05) is 35.0 Å². The van der Waals surface area contributed by atoms with Gasteiger partial charge in [-0.15, -0.1) is 0 Å². The Morgan fingerprint density at radius 1 is 1.27 bits per heavy atom. The second-order valence-electron chi connectivity index (χ2n) is 6.66. The number of ether oxygens (including phenoxy) is 1. The number of carbonyl (C=O) groups is 2. The fraction of sp³-hybridized carbons (Fsp3) is 0.238. The number of nitrogens with zero attached hydrogens (tertiary/aromatic N) is 3. The summed E-state index contributed by atoms with van der Waals surface area (Å²) in [6.45, 7) is 5.58. The second-order valence-corrected chi connectivity index (χ2v) is 7.06. The molecule has 0 unspecified atom stereocenters. The third kappa shape index (κ3) is 5.36. The summed E-state index contributed by atoms with van der Waals surface area (Å²) >= 11 is 6.23. The van der Waals surface area contributed by atoms with Crippen molar-refractivity contribution in [3.8, 4) is 0 Å². The fourth-order valence-electron chi connectivity index (χ4n) is 2.83. The van der Waals surface area contributed by atoms with Crippen LogP contribution in [0.2, 0.25) is 5.02 Å². The third-order valence-corrected chi connectivity index (χ3v) is 4.71. The van der Waals surface area contributed by atoms with Crippen molar-refractivity contribution in [2.24, 2.45) is 0 Å². The predicted molar refractivity (Wildman–Crippen MR) is 112 cm³/mol. The fourth-order valence-corrected chi connectivity index (χ4v) is 3.02. The van der Waals surface area contributed by atoms with Crippen molar-refractivity contribution >= 4 is 35.4 Å².